The van der Waals surface area contributed by atoms with Gasteiger partial charge in [-0.05, 0) is 37.8 Å². The Bertz CT molecular complexity index is 1240. The molecule has 0 radical (unpaired) electrons. The third kappa shape index (κ3) is 9.90. The zero-order valence-electron chi connectivity index (χ0n) is 22.2. The van der Waals surface area contributed by atoms with Gasteiger partial charge in [-0.3, -0.25) is 24.2 Å². The molecule has 1 heterocycles. The lowest BCUT2D eigenvalue weighted by Crippen LogP contribution is -2.57. The molecular weight excluding hydrogens is 522 g/mol. The van der Waals surface area contributed by atoms with Crippen molar-refractivity contribution in [3.05, 3.63) is 36.0 Å². The van der Waals surface area contributed by atoms with Crippen molar-refractivity contribution in [2.24, 2.45) is 27.9 Å². The van der Waals surface area contributed by atoms with Gasteiger partial charge in [0.25, 0.3) is 0 Å². The Labute approximate surface area is 230 Å². The number of aliphatic imine (C=N–C) groups is 1. The first kappa shape index (κ1) is 31.6. The van der Waals surface area contributed by atoms with E-state index in [2.05, 4.69) is 25.9 Å². The maximum Gasteiger partial charge on any atom is 0.326 e. The summed E-state index contributed by atoms with van der Waals surface area (Å²) in [5.41, 5.74) is 23.0. The topological polar surface area (TPSA) is 274 Å². The van der Waals surface area contributed by atoms with Gasteiger partial charge in [-0.25, -0.2) is 4.79 Å². The number of aromatic amines is 1. The highest BCUT2D eigenvalue weighted by atomic mass is 16.4. The van der Waals surface area contributed by atoms with Gasteiger partial charge in [0.2, 0.25) is 23.6 Å². The van der Waals surface area contributed by atoms with Crippen LogP contribution in [-0.2, 0) is 30.4 Å². The molecular formula is C25H37N9O6. The fourth-order valence-electron chi connectivity index (χ4n) is 3.88. The normalized spacial score (nSPS) is 13.8. The van der Waals surface area contributed by atoms with Gasteiger partial charge < -0.3 is 49.0 Å². The molecule has 2 aromatic rings. The number of rotatable bonds is 16. The number of H-pyrrole nitrogens is 1. The third-order valence-corrected chi connectivity index (χ3v) is 6.08. The van der Waals surface area contributed by atoms with E-state index in [-0.39, 0.29) is 31.6 Å². The number of aliphatic carboxylic acids is 1. The molecule has 0 saturated carbocycles. The van der Waals surface area contributed by atoms with Gasteiger partial charge in [-0.15, -0.1) is 0 Å². The van der Waals surface area contributed by atoms with Crippen molar-refractivity contribution in [2.45, 2.75) is 63.2 Å². The number of para-hydroxylation sites is 1. The van der Waals surface area contributed by atoms with E-state index in [0.717, 1.165) is 10.9 Å². The second kappa shape index (κ2) is 15.1. The number of fused-ring (bicyclic) bond motifs is 1. The second-order valence-electron chi connectivity index (χ2n) is 9.31. The number of nitrogens with one attached hydrogen (secondary N) is 4. The number of carboxylic acids is 1. The molecule has 0 spiro atoms. The van der Waals surface area contributed by atoms with Gasteiger partial charge in [0.1, 0.15) is 18.1 Å². The predicted molar refractivity (Wildman–Crippen MR) is 147 cm³/mol. The minimum absolute atomic E-state index is 0.00865. The number of benzene rings is 1. The molecule has 0 aliphatic carbocycles. The number of primary amides is 1. The number of carbonyl (C=O) groups is 5. The fourth-order valence-corrected chi connectivity index (χ4v) is 3.88. The van der Waals surface area contributed by atoms with E-state index in [4.69, 9.17) is 22.9 Å². The largest absolute Gasteiger partial charge is 0.480 e. The molecule has 2 rings (SSSR count). The van der Waals surface area contributed by atoms with Gasteiger partial charge in [0, 0.05) is 36.5 Å². The van der Waals surface area contributed by atoms with Gasteiger partial charge in [0.05, 0.1) is 6.04 Å². The summed E-state index contributed by atoms with van der Waals surface area (Å²) in [6, 6.07) is 2.72. The lowest BCUT2D eigenvalue weighted by Gasteiger charge is -2.23. The van der Waals surface area contributed by atoms with Crippen molar-refractivity contribution in [1.29, 1.82) is 0 Å². The first-order valence-electron chi connectivity index (χ1n) is 12.7. The smallest absolute Gasteiger partial charge is 0.326 e. The van der Waals surface area contributed by atoms with Crippen LogP contribution < -0.4 is 38.9 Å². The van der Waals surface area contributed by atoms with Crippen LogP contribution in [0.25, 0.3) is 10.9 Å². The number of carbonyl (C=O) groups excluding carboxylic acids is 4. The molecule has 0 saturated heterocycles. The van der Waals surface area contributed by atoms with Crippen molar-refractivity contribution in [3.8, 4) is 0 Å². The van der Waals surface area contributed by atoms with Crippen molar-refractivity contribution >= 4 is 46.5 Å². The van der Waals surface area contributed by atoms with Crippen molar-refractivity contribution in [2.75, 3.05) is 6.54 Å². The molecule has 4 unspecified atom stereocenters. The molecule has 0 fully saturated rings. The number of carboxylic acid groups (broad SMARTS) is 1. The van der Waals surface area contributed by atoms with Crippen molar-refractivity contribution < 1.29 is 29.1 Å². The molecule has 0 aliphatic rings. The van der Waals surface area contributed by atoms with Gasteiger partial charge in [-0.1, -0.05) is 18.2 Å². The minimum atomic E-state index is -1.41. The monoisotopic (exact) mass is 559 g/mol. The SMILES string of the molecule is CC(NC(=O)C(N)CCCN=C(N)N)C(=O)NC(Cc1c[nH]c2ccccc12)C(=O)NC(CCC(N)=O)C(=O)O. The van der Waals surface area contributed by atoms with Crippen LogP contribution in [0.4, 0.5) is 0 Å². The highest BCUT2D eigenvalue weighted by Crippen LogP contribution is 2.19. The summed E-state index contributed by atoms with van der Waals surface area (Å²) in [6.45, 7) is 1.72. The Morgan fingerprint density at radius 1 is 0.950 bits per heavy atom. The summed E-state index contributed by atoms with van der Waals surface area (Å²) in [5, 5.41) is 17.8. The fraction of sp³-hybridized carbons (Fsp3) is 0.440. The van der Waals surface area contributed by atoms with E-state index in [1.54, 1.807) is 6.20 Å². The van der Waals surface area contributed by atoms with Crippen LogP contribution in [0.15, 0.2) is 35.5 Å². The number of hydrogen-bond donors (Lipinski definition) is 9. The summed E-state index contributed by atoms with van der Waals surface area (Å²) in [5.74, 6) is -4.21. The van der Waals surface area contributed by atoms with Gasteiger partial charge >= 0.3 is 5.97 Å². The molecule has 15 nitrogen and oxygen atoms in total. The van der Waals surface area contributed by atoms with Crippen LogP contribution >= 0.6 is 0 Å². The molecule has 0 aliphatic heterocycles. The van der Waals surface area contributed by atoms with Gasteiger partial charge in [-0.2, -0.15) is 0 Å². The average molecular weight is 560 g/mol. The molecule has 218 valence electrons. The molecule has 0 bridgehead atoms. The quantitative estimate of drug-likeness (QED) is 0.0619. The van der Waals surface area contributed by atoms with Gasteiger partial charge in [0.15, 0.2) is 5.96 Å². The zero-order valence-corrected chi connectivity index (χ0v) is 22.2. The van der Waals surface area contributed by atoms with Crippen LogP contribution in [0.3, 0.4) is 0 Å². The van der Waals surface area contributed by atoms with Crippen LogP contribution in [0, 0.1) is 0 Å². The summed E-state index contributed by atoms with van der Waals surface area (Å²) >= 11 is 0. The summed E-state index contributed by atoms with van der Waals surface area (Å²) in [4.78, 5) is 68.4. The van der Waals surface area contributed by atoms with E-state index < -0.39 is 53.8 Å². The number of aromatic nitrogens is 1. The lowest BCUT2D eigenvalue weighted by molar-refractivity contribution is -0.142. The highest BCUT2D eigenvalue weighted by Gasteiger charge is 2.29. The summed E-state index contributed by atoms with van der Waals surface area (Å²) < 4.78 is 0. The first-order valence-corrected chi connectivity index (χ1v) is 12.7. The lowest BCUT2D eigenvalue weighted by atomic mass is 10.0. The number of hydrogen-bond acceptors (Lipinski definition) is 7. The highest BCUT2D eigenvalue weighted by molar-refractivity contribution is 5.94. The second-order valence-corrected chi connectivity index (χ2v) is 9.31. The first-order chi connectivity index (χ1) is 18.9. The van der Waals surface area contributed by atoms with Crippen LogP contribution in [0.1, 0.15) is 38.2 Å². The van der Waals surface area contributed by atoms with Crippen LogP contribution in [0.2, 0.25) is 0 Å². The molecule has 1 aromatic carbocycles. The Balaban J connectivity index is 2.13. The molecule has 4 amide bonds. The van der Waals surface area contributed by atoms with E-state index in [1.807, 2.05) is 24.3 Å². The standard InChI is InChI=1S/C25H37N9O6/c1-13(32-22(37)16(26)6-4-10-30-25(28)29)21(36)34-19(11-14-12-31-17-7-3-2-5-15(14)17)23(38)33-18(24(39)40)8-9-20(27)35/h2-3,5,7,12-13,16,18-19,31H,4,6,8-11,26H2,1H3,(H2,27,35)(H,32,37)(H,33,38)(H,34,36)(H,39,40)(H4,28,29,30). The summed E-state index contributed by atoms with van der Waals surface area (Å²) in [7, 11) is 0. The van der Waals surface area contributed by atoms with Crippen molar-refractivity contribution in [3.63, 3.8) is 0 Å². The third-order valence-electron chi connectivity index (χ3n) is 6.08. The maximum absolute atomic E-state index is 13.2. The number of amides is 4. The predicted octanol–water partition coefficient (Wildman–Crippen LogP) is -2.08. The average Bonchev–Trinajstić information content (AvgIpc) is 3.30. The Kier molecular flexibility index (Phi) is 11.9. The molecule has 15 heteroatoms. The Morgan fingerprint density at radius 2 is 1.62 bits per heavy atom. The van der Waals surface area contributed by atoms with E-state index in [0.29, 0.717) is 18.5 Å². The summed E-state index contributed by atoms with van der Waals surface area (Å²) in [6.07, 6.45) is 1.93. The van der Waals surface area contributed by atoms with E-state index in [9.17, 15) is 29.1 Å². The number of nitrogens with zero attached hydrogens (tertiary/aromatic N) is 1. The molecule has 40 heavy (non-hydrogen) atoms. The van der Waals surface area contributed by atoms with E-state index >= 15 is 0 Å². The Morgan fingerprint density at radius 3 is 2.27 bits per heavy atom. The number of guanidine groups is 1. The zero-order chi connectivity index (χ0) is 29.8. The maximum atomic E-state index is 13.2. The van der Waals surface area contributed by atoms with E-state index in [1.165, 1.54) is 6.92 Å². The van der Waals surface area contributed by atoms with Crippen LogP contribution in [0.5, 0.6) is 0 Å². The molecule has 1 aromatic heterocycles. The molecule has 13 N–H and O–H groups in total. The molecule has 4 atom stereocenters. The number of nitrogens with two attached hydrogens (primary N) is 4. The van der Waals surface area contributed by atoms with Crippen molar-refractivity contribution in [1.82, 2.24) is 20.9 Å². The van der Waals surface area contributed by atoms with Crippen LogP contribution in [-0.4, -0.2) is 76.4 Å². The minimum Gasteiger partial charge on any atom is -0.480 e. The Hall–Kier alpha value is -4.66.